The second kappa shape index (κ2) is 5.59. The third-order valence-corrected chi connectivity index (χ3v) is 4.75. The maximum absolute atomic E-state index is 12.8. The van der Waals surface area contributed by atoms with Crippen molar-refractivity contribution in [2.75, 3.05) is 13.7 Å². The first kappa shape index (κ1) is 14.8. The highest BCUT2D eigenvalue weighted by Gasteiger charge is 2.60. The van der Waals surface area contributed by atoms with E-state index in [-0.39, 0.29) is 23.7 Å². The first-order valence-electron chi connectivity index (χ1n) is 7.46. The van der Waals surface area contributed by atoms with Gasteiger partial charge in [-0.05, 0) is 37.0 Å². The molecular weight excluding hydrogens is 288 g/mol. The number of benzene rings is 1. The maximum atomic E-state index is 12.8. The van der Waals surface area contributed by atoms with Crippen LogP contribution < -0.4 is 5.32 Å². The van der Waals surface area contributed by atoms with Crippen molar-refractivity contribution in [2.24, 2.45) is 0 Å². The van der Waals surface area contributed by atoms with Gasteiger partial charge in [0.2, 0.25) is 5.91 Å². The molecule has 1 heterocycles. The van der Waals surface area contributed by atoms with Crippen LogP contribution in [0.3, 0.4) is 0 Å². The molecule has 5 heteroatoms. The average Bonchev–Trinajstić information content (AvgIpc) is 3.21. The SMILES string of the molecule is CCC(COC)N1C(=O)C2(CC2)NC1c1ccc(Cl)cc1. The predicted octanol–water partition coefficient (Wildman–Crippen LogP) is 2.73. The van der Waals surface area contributed by atoms with Gasteiger partial charge in [-0.3, -0.25) is 10.1 Å². The van der Waals surface area contributed by atoms with Gasteiger partial charge in [0.15, 0.2) is 0 Å². The largest absolute Gasteiger partial charge is 0.383 e. The molecule has 0 bridgehead atoms. The van der Waals surface area contributed by atoms with E-state index in [1.165, 1.54) is 0 Å². The van der Waals surface area contributed by atoms with Gasteiger partial charge >= 0.3 is 0 Å². The summed E-state index contributed by atoms with van der Waals surface area (Å²) in [4.78, 5) is 14.8. The summed E-state index contributed by atoms with van der Waals surface area (Å²) >= 11 is 5.97. The molecule has 3 rings (SSSR count). The van der Waals surface area contributed by atoms with E-state index in [0.29, 0.717) is 11.6 Å². The Bertz CT molecular complexity index is 528. The van der Waals surface area contributed by atoms with Gasteiger partial charge in [-0.15, -0.1) is 0 Å². The monoisotopic (exact) mass is 308 g/mol. The normalized spacial score (nSPS) is 24.6. The van der Waals surface area contributed by atoms with Crippen LogP contribution in [0.1, 0.15) is 37.9 Å². The van der Waals surface area contributed by atoms with Crippen LogP contribution in [0.5, 0.6) is 0 Å². The lowest BCUT2D eigenvalue weighted by Crippen LogP contribution is -2.42. The minimum atomic E-state index is -0.328. The number of amides is 1. The smallest absolute Gasteiger partial charge is 0.244 e. The van der Waals surface area contributed by atoms with Crippen molar-refractivity contribution in [2.45, 2.75) is 43.9 Å². The van der Waals surface area contributed by atoms with Crippen LogP contribution in [0.25, 0.3) is 0 Å². The highest BCUT2D eigenvalue weighted by molar-refractivity contribution is 6.30. The Morgan fingerprint density at radius 1 is 1.43 bits per heavy atom. The van der Waals surface area contributed by atoms with Crippen molar-refractivity contribution in [1.82, 2.24) is 10.2 Å². The number of nitrogens with zero attached hydrogens (tertiary/aromatic N) is 1. The Kier molecular flexibility index (Phi) is 3.95. The Morgan fingerprint density at radius 3 is 2.62 bits per heavy atom. The molecule has 2 aliphatic rings. The number of nitrogens with one attached hydrogen (secondary N) is 1. The Morgan fingerprint density at radius 2 is 2.10 bits per heavy atom. The zero-order valence-corrected chi connectivity index (χ0v) is 13.2. The van der Waals surface area contributed by atoms with Crippen LogP contribution in [-0.4, -0.2) is 36.1 Å². The fourth-order valence-electron chi connectivity index (χ4n) is 3.09. The van der Waals surface area contributed by atoms with E-state index in [1.807, 2.05) is 29.2 Å². The predicted molar refractivity (Wildman–Crippen MR) is 82.1 cm³/mol. The van der Waals surface area contributed by atoms with Crippen LogP contribution in [0, 0.1) is 0 Å². The highest BCUT2D eigenvalue weighted by atomic mass is 35.5. The first-order valence-corrected chi connectivity index (χ1v) is 7.84. The van der Waals surface area contributed by atoms with E-state index in [0.717, 1.165) is 24.8 Å². The molecule has 1 aliphatic heterocycles. The van der Waals surface area contributed by atoms with Crippen LogP contribution in [0.2, 0.25) is 5.02 Å². The molecule has 1 saturated heterocycles. The van der Waals surface area contributed by atoms with E-state index in [2.05, 4.69) is 12.2 Å². The second-order valence-electron chi connectivity index (χ2n) is 5.91. The maximum Gasteiger partial charge on any atom is 0.244 e. The number of hydrogen-bond acceptors (Lipinski definition) is 3. The molecule has 2 unspecified atom stereocenters. The Balaban J connectivity index is 1.92. The molecule has 1 aromatic rings. The van der Waals surface area contributed by atoms with Crippen molar-refractivity contribution in [3.8, 4) is 0 Å². The van der Waals surface area contributed by atoms with Crippen molar-refractivity contribution in [3.05, 3.63) is 34.9 Å². The summed E-state index contributed by atoms with van der Waals surface area (Å²) < 4.78 is 5.30. The van der Waals surface area contributed by atoms with Crippen LogP contribution >= 0.6 is 11.6 Å². The first-order chi connectivity index (χ1) is 10.1. The molecule has 0 aromatic heterocycles. The number of halogens is 1. The van der Waals surface area contributed by atoms with Crippen molar-refractivity contribution in [1.29, 1.82) is 0 Å². The second-order valence-corrected chi connectivity index (χ2v) is 6.35. The molecule has 114 valence electrons. The average molecular weight is 309 g/mol. The standard InChI is InChI=1S/C16H21ClN2O2/c1-3-13(10-21-2)19-14(11-4-6-12(17)7-5-11)18-16(8-9-16)15(19)20/h4-7,13-14,18H,3,8-10H2,1-2H3. The summed E-state index contributed by atoms with van der Waals surface area (Å²) in [5, 5.41) is 4.24. The van der Waals surface area contributed by atoms with Gasteiger partial charge in [0.1, 0.15) is 11.7 Å². The molecule has 4 nitrogen and oxygen atoms in total. The lowest BCUT2D eigenvalue weighted by atomic mass is 10.1. The third-order valence-electron chi connectivity index (χ3n) is 4.49. The zero-order chi connectivity index (χ0) is 15.0. The summed E-state index contributed by atoms with van der Waals surface area (Å²) in [5.41, 5.74) is 0.747. The number of carbonyl (C=O) groups is 1. The molecule has 1 aromatic carbocycles. The lowest BCUT2D eigenvalue weighted by molar-refractivity contribution is -0.134. The topological polar surface area (TPSA) is 41.6 Å². The minimum Gasteiger partial charge on any atom is -0.383 e. The summed E-state index contributed by atoms with van der Waals surface area (Å²) in [6, 6.07) is 7.81. The zero-order valence-electron chi connectivity index (χ0n) is 12.4. The van der Waals surface area contributed by atoms with Gasteiger partial charge in [-0.2, -0.15) is 0 Å². The van der Waals surface area contributed by atoms with E-state index in [9.17, 15) is 4.79 Å². The van der Waals surface area contributed by atoms with Crippen molar-refractivity contribution < 1.29 is 9.53 Å². The Hall–Kier alpha value is -1.10. The van der Waals surface area contributed by atoms with Gasteiger partial charge in [0, 0.05) is 12.1 Å². The van der Waals surface area contributed by atoms with Gasteiger partial charge in [0.25, 0.3) is 0 Å². The number of ether oxygens (including phenoxy) is 1. The summed E-state index contributed by atoms with van der Waals surface area (Å²) in [6.07, 6.45) is 2.64. The van der Waals surface area contributed by atoms with Gasteiger partial charge in [0.05, 0.1) is 12.6 Å². The van der Waals surface area contributed by atoms with Crippen molar-refractivity contribution >= 4 is 17.5 Å². The third kappa shape index (κ3) is 2.56. The molecule has 21 heavy (non-hydrogen) atoms. The number of hydrogen-bond donors (Lipinski definition) is 1. The number of carbonyl (C=O) groups excluding carboxylic acids is 1. The van der Waals surface area contributed by atoms with Gasteiger partial charge in [-0.25, -0.2) is 0 Å². The minimum absolute atomic E-state index is 0.0858. The molecule has 1 saturated carbocycles. The molecule has 1 N–H and O–H groups in total. The number of rotatable bonds is 5. The van der Waals surface area contributed by atoms with Crippen LogP contribution in [0.4, 0.5) is 0 Å². The molecule has 2 atom stereocenters. The quantitative estimate of drug-likeness (QED) is 0.909. The van der Waals surface area contributed by atoms with Crippen molar-refractivity contribution in [3.63, 3.8) is 0 Å². The molecule has 1 spiro atoms. The van der Waals surface area contributed by atoms with E-state index >= 15 is 0 Å². The summed E-state index contributed by atoms with van der Waals surface area (Å²) in [7, 11) is 1.68. The fraction of sp³-hybridized carbons (Fsp3) is 0.562. The van der Waals surface area contributed by atoms with Crippen LogP contribution in [0.15, 0.2) is 24.3 Å². The fourth-order valence-corrected chi connectivity index (χ4v) is 3.22. The molecule has 2 fully saturated rings. The lowest BCUT2D eigenvalue weighted by Gasteiger charge is -2.32. The van der Waals surface area contributed by atoms with Gasteiger partial charge < -0.3 is 9.64 Å². The summed E-state index contributed by atoms with van der Waals surface area (Å²) in [6.45, 7) is 2.65. The molecule has 1 aliphatic carbocycles. The number of methoxy groups -OCH3 is 1. The Labute approximate surface area is 130 Å². The van der Waals surface area contributed by atoms with E-state index in [4.69, 9.17) is 16.3 Å². The van der Waals surface area contributed by atoms with Gasteiger partial charge in [-0.1, -0.05) is 30.7 Å². The summed E-state index contributed by atoms with van der Waals surface area (Å²) in [5.74, 6) is 0.214. The van der Waals surface area contributed by atoms with E-state index < -0.39 is 0 Å². The van der Waals surface area contributed by atoms with E-state index in [1.54, 1.807) is 7.11 Å². The molecule has 1 amide bonds. The molecular formula is C16H21ClN2O2. The molecule has 0 radical (unpaired) electrons. The highest BCUT2D eigenvalue weighted by Crippen LogP contribution is 2.47. The van der Waals surface area contributed by atoms with Crippen LogP contribution in [-0.2, 0) is 9.53 Å².